The summed E-state index contributed by atoms with van der Waals surface area (Å²) in [5.74, 6) is -0.422. The molecule has 0 aromatic heterocycles. The van der Waals surface area contributed by atoms with Gasteiger partial charge in [-0.25, -0.2) is 4.79 Å². The maximum Gasteiger partial charge on any atom is 0.339 e. The minimum Gasteiger partial charge on any atom is -0.465 e. The third kappa shape index (κ3) is 3.30. The van der Waals surface area contributed by atoms with Gasteiger partial charge in [-0.2, -0.15) is 0 Å². The van der Waals surface area contributed by atoms with Gasteiger partial charge in [-0.05, 0) is 30.3 Å². The summed E-state index contributed by atoms with van der Waals surface area (Å²) in [5, 5.41) is 0. The second-order valence-corrected chi connectivity index (χ2v) is 5.80. The van der Waals surface area contributed by atoms with Gasteiger partial charge >= 0.3 is 5.97 Å². The van der Waals surface area contributed by atoms with Crippen molar-refractivity contribution in [2.24, 2.45) is 0 Å². The Balaban J connectivity index is 2.33. The lowest BCUT2D eigenvalue weighted by atomic mass is 10.2. The highest BCUT2D eigenvalue weighted by atomic mass is 79.9. The lowest BCUT2D eigenvalue weighted by molar-refractivity contribution is 0.0601. The molecule has 0 atom stereocenters. The Kier molecular flexibility index (Phi) is 4.50. The van der Waals surface area contributed by atoms with Gasteiger partial charge < -0.3 is 10.5 Å². The maximum atomic E-state index is 11.6. The van der Waals surface area contributed by atoms with Gasteiger partial charge in [0.25, 0.3) is 0 Å². The van der Waals surface area contributed by atoms with Gasteiger partial charge in [0.1, 0.15) is 0 Å². The zero-order valence-electron chi connectivity index (χ0n) is 10.2. The summed E-state index contributed by atoms with van der Waals surface area (Å²) in [6.07, 6.45) is 0. The number of nitrogens with two attached hydrogens (primary N) is 1. The topological polar surface area (TPSA) is 52.3 Å². The number of benzene rings is 2. The third-order valence-electron chi connectivity index (χ3n) is 2.50. The van der Waals surface area contributed by atoms with Crippen LogP contribution >= 0.6 is 27.7 Å². The van der Waals surface area contributed by atoms with E-state index in [1.165, 1.54) is 18.9 Å². The first kappa shape index (κ1) is 14.0. The normalized spacial score (nSPS) is 10.2. The number of methoxy groups -OCH3 is 1. The van der Waals surface area contributed by atoms with Crippen molar-refractivity contribution < 1.29 is 9.53 Å². The van der Waals surface area contributed by atoms with Crippen molar-refractivity contribution >= 4 is 39.3 Å². The molecular weight excluding hydrogens is 326 g/mol. The van der Waals surface area contributed by atoms with Crippen molar-refractivity contribution in [2.75, 3.05) is 12.8 Å². The molecule has 19 heavy (non-hydrogen) atoms. The largest absolute Gasteiger partial charge is 0.465 e. The summed E-state index contributed by atoms with van der Waals surface area (Å²) in [4.78, 5) is 13.5. The van der Waals surface area contributed by atoms with E-state index in [9.17, 15) is 4.79 Å². The van der Waals surface area contributed by atoms with Crippen LogP contribution in [0, 0.1) is 0 Å². The van der Waals surface area contributed by atoms with Crippen molar-refractivity contribution in [1.82, 2.24) is 0 Å². The van der Waals surface area contributed by atoms with Crippen LogP contribution in [0.1, 0.15) is 10.4 Å². The van der Waals surface area contributed by atoms with Crippen molar-refractivity contribution in [2.45, 2.75) is 9.79 Å². The molecule has 0 amide bonds. The van der Waals surface area contributed by atoms with Gasteiger partial charge in [-0.1, -0.05) is 39.8 Å². The number of anilines is 1. The summed E-state index contributed by atoms with van der Waals surface area (Å²) in [6.45, 7) is 0. The second-order valence-electron chi connectivity index (χ2n) is 3.77. The van der Waals surface area contributed by atoms with E-state index in [0.29, 0.717) is 11.3 Å². The van der Waals surface area contributed by atoms with Gasteiger partial charge in [0, 0.05) is 14.3 Å². The molecule has 0 radical (unpaired) electrons. The molecule has 0 unspecified atom stereocenters. The molecule has 2 N–H and O–H groups in total. The molecule has 0 aliphatic carbocycles. The first-order chi connectivity index (χ1) is 9.11. The standard InChI is InChI=1S/C14H12BrNO2S/c1-18-14(17)11-6-3-7-12(13(11)16)19-10-5-2-4-9(15)8-10/h2-8H,16H2,1H3. The van der Waals surface area contributed by atoms with Crippen LogP contribution in [-0.2, 0) is 4.74 Å². The van der Waals surface area contributed by atoms with Crippen LogP contribution in [0.15, 0.2) is 56.7 Å². The van der Waals surface area contributed by atoms with Crippen molar-refractivity contribution in [1.29, 1.82) is 0 Å². The Morgan fingerprint density at radius 2 is 2.00 bits per heavy atom. The number of halogens is 1. The van der Waals surface area contributed by atoms with E-state index in [1.807, 2.05) is 30.3 Å². The number of esters is 1. The van der Waals surface area contributed by atoms with Crippen molar-refractivity contribution in [3.8, 4) is 0 Å². The first-order valence-electron chi connectivity index (χ1n) is 5.52. The highest BCUT2D eigenvalue weighted by Crippen LogP contribution is 2.34. The monoisotopic (exact) mass is 337 g/mol. The lowest BCUT2D eigenvalue weighted by Gasteiger charge is -2.09. The Morgan fingerprint density at radius 1 is 1.26 bits per heavy atom. The summed E-state index contributed by atoms with van der Waals surface area (Å²) >= 11 is 4.93. The fourth-order valence-corrected chi connectivity index (χ4v) is 3.08. The average Bonchev–Trinajstić information content (AvgIpc) is 2.40. The van der Waals surface area contributed by atoms with E-state index >= 15 is 0 Å². The van der Waals surface area contributed by atoms with Crippen LogP contribution in [0.5, 0.6) is 0 Å². The van der Waals surface area contributed by atoms with E-state index in [0.717, 1.165) is 14.3 Å². The average molecular weight is 338 g/mol. The molecule has 0 saturated heterocycles. The minimum absolute atomic E-state index is 0.391. The molecule has 0 heterocycles. The summed E-state index contributed by atoms with van der Waals surface area (Å²) in [5.41, 5.74) is 6.85. The molecule has 0 spiro atoms. The molecule has 0 saturated carbocycles. The Morgan fingerprint density at radius 3 is 2.68 bits per heavy atom. The molecule has 2 aromatic rings. The van der Waals surface area contributed by atoms with Crippen LogP contribution in [0.25, 0.3) is 0 Å². The number of carbonyl (C=O) groups is 1. The molecule has 0 aliphatic heterocycles. The van der Waals surface area contributed by atoms with Crippen LogP contribution in [0.4, 0.5) is 5.69 Å². The number of carbonyl (C=O) groups excluding carboxylic acids is 1. The number of hydrogen-bond donors (Lipinski definition) is 1. The summed E-state index contributed by atoms with van der Waals surface area (Å²) in [7, 11) is 1.34. The van der Waals surface area contributed by atoms with E-state index in [2.05, 4.69) is 15.9 Å². The predicted molar refractivity (Wildman–Crippen MR) is 80.5 cm³/mol. The number of hydrogen-bond acceptors (Lipinski definition) is 4. The zero-order chi connectivity index (χ0) is 13.8. The van der Waals surface area contributed by atoms with E-state index < -0.39 is 5.97 Å². The highest BCUT2D eigenvalue weighted by Gasteiger charge is 2.13. The van der Waals surface area contributed by atoms with E-state index in [-0.39, 0.29) is 0 Å². The van der Waals surface area contributed by atoms with Crippen molar-refractivity contribution in [3.63, 3.8) is 0 Å². The Labute approximate surface area is 124 Å². The molecule has 0 bridgehead atoms. The highest BCUT2D eigenvalue weighted by molar-refractivity contribution is 9.10. The smallest absolute Gasteiger partial charge is 0.339 e. The molecular formula is C14H12BrNO2S. The quantitative estimate of drug-likeness (QED) is 0.680. The van der Waals surface area contributed by atoms with Crippen LogP contribution in [0.2, 0.25) is 0 Å². The molecule has 98 valence electrons. The van der Waals surface area contributed by atoms with Crippen molar-refractivity contribution in [3.05, 3.63) is 52.5 Å². The lowest BCUT2D eigenvalue weighted by Crippen LogP contribution is -2.06. The molecule has 2 aromatic carbocycles. The van der Waals surface area contributed by atoms with Gasteiger partial charge in [0.05, 0.1) is 18.4 Å². The SMILES string of the molecule is COC(=O)c1cccc(Sc2cccc(Br)c2)c1N. The molecule has 2 rings (SSSR count). The van der Waals surface area contributed by atoms with Crippen LogP contribution in [-0.4, -0.2) is 13.1 Å². The van der Waals surface area contributed by atoms with Gasteiger partial charge in [0.15, 0.2) is 0 Å². The molecule has 3 nitrogen and oxygen atoms in total. The molecule has 0 aliphatic rings. The minimum atomic E-state index is -0.422. The fraction of sp³-hybridized carbons (Fsp3) is 0.0714. The fourth-order valence-electron chi connectivity index (χ4n) is 1.58. The number of rotatable bonds is 3. The Bertz CT molecular complexity index is 616. The van der Waals surface area contributed by atoms with Gasteiger partial charge in [-0.15, -0.1) is 0 Å². The molecule has 0 fully saturated rings. The van der Waals surface area contributed by atoms with E-state index in [1.54, 1.807) is 12.1 Å². The number of nitrogen functional groups attached to an aromatic ring is 1. The number of ether oxygens (including phenoxy) is 1. The van der Waals surface area contributed by atoms with Gasteiger partial charge in [-0.3, -0.25) is 0 Å². The zero-order valence-corrected chi connectivity index (χ0v) is 12.6. The van der Waals surface area contributed by atoms with Gasteiger partial charge in [0.2, 0.25) is 0 Å². The predicted octanol–water partition coefficient (Wildman–Crippen LogP) is 3.97. The molecule has 5 heteroatoms. The van der Waals surface area contributed by atoms with E-state index in [4.69, 9.17) is 10.5 Å². The summed E-state index contributed by atoms with van der Waals surface area (Å²) in [6, 6.07) is 13.2. The Hall–Kier alpha value is -1.46. The maximum absolute atomic E-state index is 11.6. The first-order valence-corrected chi connectivity index (χ1v) is 7.13. The third-order valence-corrected chi connectivity index (χ3v) is 4.05. The summed E-state index contributed by atoms with van der Waals surface area (Å²) < 4.78 is 5.71. The second kappa shape index (κ2) is 6.12. The van der Waals surface area contributed by atoms with Crippen LogP contribution in [0.3, 0.4) is 0 Å². The number of para-hydroxylation sites is 1. The van der Waals surface area contributed by atoms with Crippen LogP contribution < -0.4 is 5.73 Å².